The summed E-state index contributed by atoms with van der Waals surface area (Å²) in [6, 6.07) is 8.47. The lowest BCUT2D eigenvalue weighted by Gasteiger charge is -2.29. The minimum atomic E-state index is 0.248. The Morgan fingerprint density at radius 1 is 1.35 bits per heavy atom. The molecule has 0 aliphatic carbocycles. The van der Waals surface area contributed by atoms with Gasteiger partial charge in [-0.25, -0.2) is 0 Å². The van der Waals surface area contributed by atoms with Gasteiger partial charge in [0.1, 0.15) is 5.75 Å². The van der Waals surface area contributed by atoms with Crippen LogP contribution < -0.4 is 15.4 Å². The van der Waals surface area contributed by atoms with E-state index in [0.717, 1.165) is 31.3 Å². The Labute approximate surface area is 139 Å². The van der Waals surface area contributed by atoms with Crippen molar-refractivity contribution in [3.05, 3.63) is 29.8 Å². The molecule has 23 heavy (non-hydrogen) atoms. The number of nitrogens with zero attached hydrogens (tertiary/aromatic N) is 2. The summed E-state index contributed by atoms with van der Waals surface area (Å²) >= 11 is 0. The highest BCUT2D eigenvalue weighted by molar-refractivity contribution is 5.79. The number of para-hydroxylation sites is 1. The van der Waals surface area contributed by atoms with Crippen molar-refractivity contribution in [1.29, 1.82) is 0 Å². The standard InChI is InChI=1S/C18H26N4O/c1-4-11-20-18(19-2)21-14-16(22-12-7-8-13-22)15-9-5-6-10-17(15)23-3/h1,5-6,9-10,16H,7-8,11-14H2,2-3H3,(H2,19,20,21). The minimum Gasteiger partial charge on any atom is -0.496 e. The third kappa shape index (κ3) is 4.64. The molecule has 1 saturated heterocycles. The molecule has 1 atom stereocenters. The third-order valence-electron chi connectivity index (χ3n) is 4.12. The molecule has 0 spiro atoms. The molecule has 0 aromatic heterocycles. The van der Waals surface area contributed by atoms with Crippen molar-refractivity contribution in [2.75, 3.05) is 40.3 Å². The second kappa shape index (κ2) is 9.06. The van der Waals surface area contributed by atoms with Gasteiger partial charge in [0.05, 0.1) is 19.7 Å². The average molecular weight is 314 g/mol. The summed E-state index contributed by atoms with van der Waals surface area (Å²) in [5.74, 6) is 4.22. The Hall–Kier alpha value is -2.19. The van der Waals surface area contributed by atoms with Crippen molar-refractivity contribution in [3.63, 3.8) is 0 Å². The van der Waals surface area contributed by atoms with Crippen molar-refractivity contribution in [3.8, 4) is 18.1 Å². The van der Waals surface area contributed by atoms with E-state index in [1.54, 1.807) is 14.2 Å². The number of terminal acetylenes is 1. The number of guanidine groups is 1. The van der Waals surface area contributed by atoms with Gasteiger partial charge in [0, 0.05) is 19.2 Å². The van der Waals surface area contributed by atoms with E-state index >= 15 is 0 Å². The maximum atomic E-state index is 5.56. The van der Waals surface area contributed by atoms with Gasteiger partial charge in [-0.05, 0) is 32.0 Å². The Balaban J connectivity index is 2.13. The Morgan fingerprint density at radius 2 is 2.09 bits per heavy atom. The summed E-state index contributed by atoms with van der Waals surface area (Å²) in [6.45, 7) is 3.44. The largest absolute Gasteiger partial charge is 0.496 e. The van der Waals surface area contributed by atoms with Crippen molar-refractivity contribution < 1.29 is 4.74 Å². The Bertz CT molecular complexity index is 558. The molecule has 0 radical (unpaired) electrons. The molecule has 124 valence electrons. The highest BCUT2D eigenvalue weighted by Crippen LogP contribution is 2.31. The van der Waals surface area contributed by atoms with Gasteiger partial charge in [0.15, 0.2) is 5.96 Å². The molecule has 1 aromatic rings. The number of hydrogen-bond acceptors (Lipinski definition) is 3. The molecule has 1 aromatic carbocycles. The average Bonchev–Trinajstić information content (AvgIpc) is 3.12. The van der Waals surface area contributed by atoms with Crippen LogP contribution in [0, 0.1) is 12.3 Å². The summed E-state index contributed by atoms with van der Waals surface area (Å²) in [5.41, 5.74) is 1.21. The fraction of sp³-hybridized carbons (Fsp3) is 0.500. The van der Waals surface area contributed by atoms with E-state index in [0.29, 0.717) is 6.54 Å². The van der Waals surface area contributed by atoms with E-state index in [2.05, 4.69) is 38.6 Å². The maximum absolute atomic E-state index is 5.56. The lowest BCUT2D eigenvalue weighted by Crippen LogP contribution is -2.42. The van der Waals surface area contributed by atoms with Gasteiger partial charge >= 0.3 is 0 Å². The van der Waals surface area contributed by atoms with Crippen molar-refractivity contribution >= 4 is 5.96 Å². The van der Waals surface area contributed by atoms with Crippen LogP contribution in [0.2, 0.25) is 0 Å². The van der Waals surface area contributed by atoms with Crippen LogP contribution in [0.15, 0.2) is 29.3 Å². The first-order valence-corrected chi connectivity index (χ1v) is 8.05. The quantitative estimate of drug-likeness (QED) is 0.476. The SMILES string of the molecule is C#CCNC(=NC)NCC(c1ccccc1OC)N1CCCC1. The van der Waals surface area contributed by atoms with Gasteiger partial charge in [0.25, 0.3) is 0 Å². The van der Waals surface area contributed by atoms with E-state index in [9.17, 15) is 0 Å². The van der Waals surface area contributed by atoms with Gasteiger partial charge in [0.2, 0.25) is 0 Å². The normalized spacial score (nSPS) is 16.7. The number of methoxy groups -OCH3 is 1. The number of nitrogens with one attached hydrogen (secondary N) is 2. The van der Waals surface area contributed by atoms with Crippen LogP contribution in [0.5, 0.6) is 5.75 Å². The number of aliphatic imine (C=N–C) groups is 1. The zero-order valence-corrected chi connectivity index (χ0v) is 14.0. The summed E-state index contributed by atoms with van der Waals surface area (Å²) in [6.07, 6.45) is 7.79. The van der Waals surface area contributed by atoms with Crippen LogP contribution in [0.3, 0.4) is 0 Å². The smallest absolute Gasteiger partial charge is 0.191 e. The van der Waals surface area contributed by atoms with E-state index in [-0.39, 0.29) is 6.04 Å². The van der Waals surface area contributed by atoms with Gasteiger partial charge < -0.3 is 15.4 Å². The second-order valence-corrected chi connectivity index (χ2v) is 5.51. The zero-order chi connectivity index (χ0) is 16.5. The van der Waals surface area contributed by atoms with E-state index in [1.165, 1.54) is 18.4 Å². The Morgan fingerprint density at radius 3 is 2.74 bits per heavy atom. The molecule has 1 aliphatic heterocycles. The number of hydrogen-bond donors (Lipinski definition) is 2. The topological polar surface area (TPSA) is 48.9 Å². The molecular formula is C18H26N4O. The van der Waals surface area contributed by atoms with E-state index in [1.807, 2.05) is 12.1 Å². The number of ether oxygens (including phenoxy) is 1. The van der Waals surface area contributed by atoms with Crippen molar-refractivity contribution in [1.82, 2.24) is 15.5 Å². The van der Waals surface area contributed by atoms with Crippen molar-refractivity contribution in [2.24, 2.45) is 4.99 Å². The Kier molecular flexibility index (Phi) is 6.76. The monoisotopic (exact) mass is 314 g/mol. The second-order valence-electron chi connectivity index (χ2n) is 5.51. The highest BCUT2D eigenvalue weighted by Gasteiger charge is 2.25. The van der Waals surface area contributed by atoms with Crippen LogP contribution >= 0.6 is 0 Å². The predicted octanol–water partition coefficient (Wildman–Crippen LogP) is 1.63. The number of benzene rings is 1. The van der Waals surface area contributed by atoms with Gasteiger partial charge in [-0.1, -0.05) is 24.1 Å². The molecule has 0 saturated carbocycles. The summed E-state index contributed by atoms with van der Waals surface area (Å²) in [5, 5.41) is 6.48. The lowest BCUT2D eigenvalue weighted by molar-refractivity contribution is 0.239. The summed E-state index contributed by atoms with van der Waals surface area (Å²) < 4.78 is 5.56. The summed E-state index contributed by atoms with van der Waals surface area (Å²) in [4.78, 5) is 6.71. The highest BCUT2D eigenvalue weighted by atomic mass is 16.5. The van der Waals surface area contributed by atoms with Crippen LogP contribution in [0.1, 0.15) is 24.4 Å². The lowest BCUT2D eigenvalue weighted by atomic mass is 10.0. The molecule has 1 aliphatic rings. The van der Waals surface area contributed by atoms with Gasteiger partial charge in [-0.3, -0.25) is 9.89 Å². The first kappa shape index (κ1) is 17.2. The predicted molar refractivity (Wildman–Crippen MR) is 94.7 cm³/mol. The third-order valence-corrected chi connectivity index (χ3v) is 4.12. The van der Waals surface area contributed by atoms with Crippen molar-refractivity contribution in [2.45, 2.75) is 18.9 Å². The van der Waals surface area contributed by atoms with Crippen LogP contribution in [-0.4, -0.2) is 51.2 Å². The molecule has 1 fully saturated rings. The number of likely N-dealkylation sites (tertiary alicyclic amines) is 1. The first-order chi connectivity index (χ1) is 11.3. The molecule has 0 bridgehead atoms. The molecule has 5 nitrogen and oxygen atoms in total. The maximum Gasteiger partial charge on any atom is 0.191 e. The number of rotatable bonds is 6. The fourth-order valence-electron chi connectivity index (χ4n) is 2.98. The minimum absolute atomic E-state index is 0.248. The molecular weight excluding hydrogens is 288 g/mol. The van der Waals surface area contributed by atoms with Crippen LogP contribution in [-0.2, 0) is 0 Å². The molecule has 0 amide bonds. The molecule has 2 N–H and O–H groups in total. The van der Waals surface area contributed by atoms with Crippen LogP contribution in [0.4, 0.5) is 0 Å². The molecule has 2 rings (SSSR count). The van der Waals surface area contributed by atoms with Gasteiger partial charge in [-0.2, -0.15) is 0 Å². The first-order valence-electron chi connectivity index (χ1n) is 8.05. The summed E-state index contributed by atoms with van der Waals surface area (Å²) in [7, 11) is 3.47. The molecule has 1 unspecified atom stereocenters. The molecule has 1 heterocycles. The zero-order valence-electron chi connectivity index (χ0n) is 14.0. The van der Waals surface area contributed by atoms with Gasteiger partial charge in [-0.15, -0.1) is 6.42 Å². The molecule has 5 heteroatoms. The van der Waals surface area contributed by atoms with Crippen LogP contribution in [0.25, 0.3) is 0 Å². The van der Waals surface area contributed by atoms with E-state index in [4.69, 9.17) is 11.2 Å². The van der Waals surface area contributed by atoms with E-state index < -0.39 is 0 Å². The fourth-order valence-corrected chi connectivity index (χ4v) is 2.98.